The first-order valence-electron chi connectivity index (χ1n) is 23.1. The molecule has 15 heteroatoms. The van der Waals surface area contributed by atoms with Crippen LogP contribution in [0.4, 0.5) is 0 Å². The first-order chi connectivity index (χ1) is 35.7. The van der Waals surface area contributed by atoms with Crippen LogP contribution >= 0.6 is 0 Å². The number of para-hydroxylation sites is 2. The molecule has 0 spiro atoms. The molecule has 0 N–H and O–H groups in total. The molecule has 372 valence electrons. The number of esters is 4. The van der Waals surface area contributed by atoms with Gasteiger partial charge in [-0.1, -0.05) is 115 Å². The third-order valence-corrected chi connectivity index (χ3v) is 11.5. The highest BCUT2D eigenvalue weighted by Crippen LogP contribution is 2.35. The second-order valence-corrected chi connectivity index (χ2v) is 16.3. The fourth-order valence-electron chi connectivity index (χ4n) is 7.74. The summed E-state index contributed by atoms with van der Waals surface area (Å²) in [5.74, 6) is -2.92. The van der Waals surface area contributed by atoms with E-state index < -0.39 is 79.7 Å². The van der Waals surface area contributed by atoms with E-state index in [0.29, 0.717) is 11.5 Å². The number of hydrogen-bond acceptors (Lipinski definition) is 15. The first-order valence-corrected chi connectivity index (χ1v) is 23.1. The minimum atomic E-state index is -1.74. The van der Waals surface area contributed by atoms with Crippen molar-refractivity contribution in [2.75, 3.05) is 27.4 Å². The molecule has 0 bridgehead atoms. The number of benzene rings is 7. The fourth-order valence-corrected chi connectivity index (χ4v) is 7.74. The SMILES string of the molecule is COc1cc(C(=O)[C@H](CO[C@@H]2O[C@H](COC(=O)c3ccccc3)[C@@H](OC(=O)c3ccccc3)[C@H](OC(=O)c3ccccc3)[C@H]2OC(=O)c2ccccc2)Oc2ccccc2OC)ccc1OCc1ccccc1. The van der Waals surface area contributed by atoms with Crippen LogP contribution in [0.5, 0.6) is 23.0 Å². The Balaban J connectivity index is 1.18. The van der Waals surface area contributed by atoms with Crippen molar-refractivity contribution < 1.29 is 71.3 Å². The molecule has 0 unspecified atom stereocenters. The van der Waals surface area contributed by atoms with E-state index in [1.807, 2.05) is 30.3 Å². The molecule has 6 atom stereocenters. The highest BCUT2D eigenvalue weighted by atomic mass is 16.7. The Kier molecular flexibility index (Phi) is 17.2. The molecule has 1 heterocycles. The Morgan fingerprint density at radius 3 is 1.47 bits per heavy atom. The molecule has 7 aromatic rings. The Morgan fingerprint density at radius 1 is 0.466 bits per heavy atom. The minimum absolute atomic E-state index is 0.0996. The van der Waals surface area contributed by atoms with Gasteiger partial charge in [0.2, 0.25) is 5.78 Å². The molecule has 1 fully saturated rings. The lowest BCUT2D eigenvalue weighted by Gasteiger charge is -2.44. The molecule has 73 heavy (non-hydrogen) atoms. The molecule has 0 saturated carbocycles. The molecule has 0 radical (unpaired) electrons. The van der Waals surface area contributed by atoms with Crippen molar-refractivity contribution in [2.45, 2.75) is 43.4 Å². The number of ether oxygens (including phenoxy) is 10. The van der Waals surface area contributed by atoms with Gasteiger partial charge >= 0.3 is 23.9 Å². The zero-order chi connectivity index (χ0) is 50.9. The van der Waals surface area contributed by atoms with Crippen LogP contribution in [-0.4, -0.2) is 93.9 Å². The number of rotatable bonds is 21. The molecule has 0 aromatic heterocycles. The zero-order valence-corrected chi connectivity index (χ0v) is 39.7. The van der Waals surface area contributed by atoms with Crippen LogP contribution in [0.2, 0.25) is 0 Å². The van der Waals surface area contributed by atoms with E-state index in [9.17, 15) is 24.0 Å². The van der Waals surface area contributed by atoms with Gasteiger partial charge in [0.15, 0.2) is 53.7 Å². The average molecular weight is 987 g/mol. The first kappa shape index (κ1) is 50.6. The quantitative estimate of drug-likeness (QED) is 0.0378. The summed E-state index contributed by atoms with van der Waals surface area (Å²) in [4.78, 5) is 70.7. The lowest BCUT2D eigenvalue weighted by atomic mass is 9.97. The number of Topliss-reactive ketones (excluding diaryl/α,β-unsaturated/α-hetero) is 1. The topological polar surface area (TPSA) is 178 Å². The number of carbonyl (C=O) groups excluding carboxylic acids is 5. The monoisotopic (exact) mass is 986 g/mol. The van der Waals surface area contributed by atoms with Crippen LogP contribution in [0.15, 0.2) is 194 Å². The second-order valence-electron chi connectivity index (χ2n) is 16.3. The van der Waals surface area contributed by atoms with E-state index >= 15 is 0 Å². The molecule has 8 rings (SSSR count). The zero-order valence-electron chi connectivity index (χ0n) is 39.7. The Labute approximate surface area is 421 Å². The maximum absolute atomic E-state index is 14.8. The fraction of sp³-hybridized carbons (Fsp3) is 0.190. The van der Waals surface area contributed by atoms with E-state index in [0.717, 1.165) is 5.56 Å². The maximum Gasteiger partial charge on any atom is 0.338 e. The van der Waals surface area contributed by atoms with Gasteiger partial charge in [-0.25, -0.2) is 19.2 Å². The van der Waals surface area contributed by atoms with Crippen molar-refractivity contribution in [2.24, 2.45) is 0 Å². The third kappa shape index (κ3) is 13.1. The van der Waals surface area contributed by atoms with Crippen molar-refractivity contribution in [1.82, 2.24) is 0 Å². The van der Waals surface area contributed by atoms with Crippen molar-refractivity contribution >= 4 is 29.7 Å². The Hall–Kier alpha value is -8.79. The van der Waals surface area contributed by atoms with Gasteiger partial charge in [0.1, 0.15) is 19.3 Å². The summed E-state index contributed by atoms with van der Waals surface area (Å²) in [5, 5.41) is 0. The van der Waals surface area contributed by atoms with E-state index in [4.69, 9.17) is 47.4 Å². The van der Waals surface area contributed by atoms with Gasteiger partial charge in [-0.3, -0.25) is 4.79 Å². The number of methoxy groups -OCH3 is 2. The highest BCUT2D eigenvalue weighted by Gasteiger charge is 2.54. The summed E-state index contributed by atoms with van der Waals surface area (Å²) in [7, 11) is 2.89. The van der Waals surface area contributed by atoms with Crippen LogP contribution in [0.25, 0.3) is 0 Å². The van der Waals surface area contributed by atoms with Crippen LogP contribution in [0, 0.1) is 0 Å². The van der Waals surface area contributed by atoms with E-state index in [2.05, 4.69) is 0 Å². The highest BCUT2D eigenvalue weighted by molar-refractivity contribution is 6.00. The van der Waals surface area contributed by atoms with Gasteiger partial charge in [0.25, 0.3) is 0 Å². The van der Waals surface area contributed by atoms with E-state index in [-0.39, 0.29) is 45.9 Å². The molecule has 1 saturated heterocycles. The Morgan fingerprint density at radius 2 is 0.932 bits per heavy atom. The predicted molar refractivity (Wildman–Crippen MR) is 264 cm³/mol. The van der Waals surface area contributed by atoms with Gasteiger partial charge in [-0.15, -0.1) is 0 Å². The molecule has 0 aliphatic carbocycles. The van der Waals surface area contributed by atoms with Crippen molar-refractivity contribution in [3.05, 3.63) is 228 Å². The molecule has 1 aliphatic rings. The van der Waals surface area contributed by atoms with Gasteiger partial charge in [-0.2, -0.15) is 0 Å². The lowest BCUT2D eigenvalue weighted by molar-refractivity contribution is -0.300. The number of hydrogen-bond donors (Lipinski definition) is 0. The van der Waals surface area contributed by atoms with Gasteiger partial charge in [0, 0.05) is 5.56 Å². The van der Waals surface area contributed by atoms with Gasteiger partial charge in [-0.05, 0) is 84.4 Å². The number of ketones is 1. The predicted octanol–water partition coefficient (Wildman–Crippen LogP) is 9.19. The lowest BCUT2D eigenvalue weighted by Crippen LogP contribution is -2.63. The Bertz CT molecular complexity index is 2940. The normalized spacial score (nSPS) is 17.4. The largest absolute Gasteiger partial charge is 0.493 e. The smallest absolute Gasteiger partial charge is 0.338 e. The van der Waals surface area contributed by atoms with Crippen molar-refractivity contribution in [3.8, 4) is 23.0 Å². The van der Waals surface area contributed by atoms with Gasteiger partial charge < -0.3 is 47.4 Å². The molecular formula is C58H50O15. The van der Waals surface area contributed by atoms with Crippen LogP contribution < -0.4 is 18.9 Å². The summed E-state index contributed by atoms with van der Waals surface area (Å²) in [5.41, 5.74) is 1.57. The summed E-state index contributed by atoms with van der Waals surface area (Å²) >= 11 is 0. The maximum atomic E-state index is 14.8. The van der Waals surface area contributed by atoms with Crippen molar-refractivity contribution in [3.63, 3.8) is 0 Å². The standard InChI is InChI=1S/C58H50O15/c1-64-44-30-18-19-31-46(44)69-48(50(59)43-32-33-45(47(34-43)65-2)66-35-38-20-8-3-9-21-38)36-68-58-53(73-57(63)42-28-16-7-17-29-42)52(72-56(62)41-26-14-6-15-27-41)51(71-55(61)40-24-12-5-13-25-40)49(70-58)37-67-54(60)39-22-10-4-11-23-39/h3-34,48-49,51-53,58H,35-37H2,1-2H3/t48-,49+,51+,52-,53+,58+/m0/s1. The van der Waals surface area contributed by atoms with Crippen molar-refractivity contribution in [1.29, 1.82) is 0 Å². The van der Waals surface area contributed by atoms with Crippen LogP contribution in [-0.2, 0) is 35.0 Å². The average Bonchev–Trinajstić information content (AvgIpc) is 3.45. The molecule has 15 nitrogen and oxygen atoms in total. The number of carbonyl (C=O) groups is 5. The summed E-state index contributed by atoms with van der Waals surface area (Å²) < 4.78 is 61.1. The molecule has 0 amide bonds. The second kappa shape index (κ2) is 24.9. The van der Waals surface area contributed by atoms with Crippen LogP contribution in [0.3, 0.4) is 0 Å². The molecular weight excluding hydrogens is 937 g/mol. The minimum Gasteiger partial charge on any atom is -0.493 e. The summed E-state index contributed by atoms with van der Waals surface area (Å²) in [6, 6.07) is 52.9. The summed E-state index contributed by atoms with van der Waals surface area (Å²) in [6.45, 7) is -0.979. The third-order valence-electron chi connectivity index (χ3n) is 11.5. The van der Waals surface area contributed by atoms with Crippen LogP contribution in [0.1, 0.15) is 57.4 Å². The van der Waals surface area contributed by atoms with Gasteiger partial charge in [0.05, 0.1) is 43.1 Å². The molecule has 1 aliphatic heterocycles. The van der Waals surface area contributed by atoms with E-state index in [1.165, 1.54) is 56.7 Å². The molecule has 7 aromatic carbocycles. The van der Waals surface area contributed by atoms with E-state index in [1.54, 1.807) is 121 Å². The summed E-state index contributed by atoms with van der Waals surface area (Å²) in [6.07, 6.45) is -9.78.